The van der Waals surface area contributed by atoms with Crippen LogP contribution < -0.4 is 16.0 Å². The van der Waals surface area contributed by atoms with Gasteiger partial charge < -0.3 is 9.47 Å². The summed E-state index contributed by atoms with van der Waals surface area (Å²) in [6, 6.07) is 17.3. The van der Waals surface area contributed by atoms with Crippen molar-refractivity contribution in [3.8, 4) is 5.75 Å². The van der Waals surface area contributed by atoms with E-state index in [0.29, 0.717) is 33.5 Å². The molecule has 0 atom stereocenters. The van der Waals surface area contributed by atoms with E-state index in [0.717, 1.165) is 32.8 Å². The van der Waals surface area contributed by atoms with E-state index in [-0.39, 0.29) is 13.2 Å². The second-order valence-electron chi connectivity index (χ2n) is 7.84. The van der Waals surface area contributed by atoms with Crippen LogP contribution in [0.5, 0.6) is 5.75 Å². The molecule has 0 aliphatic rings. The smallest absolute Gasteiger partial charge is 0.348 e. The minimum atomic E-state index is -0.520. The van der Waals surface area contributed by atoms with Gasteiger partial charge in [-0.3, -0.25) is 14.3 Å². The molecule has 0 fully saturated rings. The summed E-state index contributed by atoms with van der Waals surface area (Å²) in [6.45, 7) is 2.06. The molecule has 7 nitrogen and oxygen atoms in total. The Labute approximate surface area is 206 Å². The summed E-state index contributed by atoms with van der Waals surface area (Å²) in [4.78, 5) is 42.4. The lowest BCUT2D eigenvalue weighted by molar-refractivity contribution is 0.0531. The Kier molecular flexibility index (Phi) is 7.62. The van der Waals surface area contributed by atoms with Crippen molar-refractivity contribution in [2.24, 2.45) is 0 Å². The number of rotatable bonds is 9. The number of aromatic amines is 1. The molecule has 0 amide bonds. The molecule has 0 aliphatic carbocycles. The molecule has 8 heteroatoms. The van der Waals surface area contributed by atoms with Crippen LogP contribution in [0.4, 0.5) is 0 Å². The van der Waals surface area contributed by atoms with Gasteiger partial charge in [-0.05, 0) is 48.6 Å². The Morgan fingerprint density at radius 1 is 1.06 bits per heavy atom. The van der Waals surface area contributed by atoms with Gasteiger partial charge >= 0.3 is 11.7 Å². The lowest BCUT2D eigenvalue weighted by Gasteiger charge is -2.06. The number of aromatic nitrogens is 2. The predicted molar refractivity (Wildman–Crippen MR) is 139 cm³/mol. The number of H-pyrrole nitrogens is 1. The molecule has 2 aromatic carbocycles. The monoisotopic (exact) mass is 490 g/mol. The number of hydrogen-bond acceptors (Lipinski definition) is 6. The number of aryl methyl sites for hydroxylation is 2. The first-order valence-electron chi connectivity index (χ1n) is 11.3. The largest absolute Gasteiger partial charge is 0.497 e. The number of thiophene rings is 1. The molecule has 35 heavy (non-hydrogen) atoms. The molecule has 2 heterocycles. The lowest BCUT2D eigenvalue weighted by Crippen LogP contribution is -2.34. The number of benzene rings is 2. The molecule has 2 aromatic heterocycles. The molecule has 0 aliphatic heterocycles. The Morgan fingerprint density at radius 3 is 2.49 bits per heavy atom. The summed E-state index contributed by atoms with van der Waals surface area (Å²) in [5.74, 6) is 0.265. The first-order chi connectivity index (χ1) is 17.0. The molecule has 1 N–H and O–H groups in total. The first-order valence-corrected chi connectivity index (χ1v) is 12.1. The third-order valence-corrected chi connectivity index (χ3v) is 6.74. The number of methoxy groups -OCH3 is 1. The highest BCUT2D eigenvalue weighted by Crippen LogP contribution is 2.29. The summed E-state index contributed by atoms with van der Waals surface area (Å²) in [5.41, 5.74) is 1.68. The highest BCUT2D eigenvalue weighted by Gasteiger charge is 2.23. The topological polar surface area (TPSA) is 90.4 Å². The highest BCUT2D eigenvalue weighted by atomic mass is 32.1. The van der Waals surface area contributed by atoms with Crippen molar-refractivity contribution < 1.29 is 14.3 Å². The van der Waals surface area contributed by atoms with E-state index in [2.05, 4.69) is 4.98 Å². The molecule has 0 saturated heterocycles. The summed E-state index contributed by atoms with van der Waals surface area (Å²) in [6.07, 6.45) is 4.71. The van der Waals surface area contributed by atoms with Crippen molar-refractivity contribution in [2.45, 2.75) is 26.3 Å². The van der Waals surface area contributed by atoms with Gasteiger partial charge in [0.25, 0.3) is 5.56 Å². The molecular weight excluding hydrogens is 464 g/mol. The lowest BCUT2D eigenvalue weighted by atomic mass is 10.0. The van der Waals surface area contributed by atoms with E-state index in [1.54, 1.807) is 20.1 Å². The van der Waals surface area contributed by atoms with Crippen molar-refractivity contribution in [3.05, 3.63) is 103 Å². The predicted octanol–water partition coefficient (Wildman–Crippen LogP) is 4.44. The number of allylic oxidation sites excluding steroid dienone is 1. The van der Waals surface area contributed by atoms with Crippen molar-refractivity contribution in [1.29, 1.82) is 0 Å². The number of nitrogens with zero attached hydrogens (tertiary/aromatic N) is 1. The van der Waals surface area contributed by atoms with Crippen molar-refractivity contribution in [1.82, 2.24) is 9.55 Å². The maximum absolute atomic E-state index is 13.4. The number of carbonyl (C=O) groups is 1. The molecule has 0 saturated carbocycles. The minimum Gasteiger partial charge on any atom is -0.497 e. The summed E-state index contributed by atoms with van der Waals surface area (Å²) >= 11 is 1.09. The summed E-state index contributed by atoms with van der Waals surface area (Å²) < 4.78 is 11.5. The van der Waals surface area contributed by atoms with Gasteiger partial charge in [-0.2, -0.15) is 0 Å². The normalized spacial score (nSPS) is 11.3. The van der Waals surface area contributed by atoms with E-state index in [1.165, 1.54) is 0 Å². The van der Waals surface area contributed by atoms with Crippen LogP contribution in [0.2, 0.25) is 0 Å². The van der Waals surface area contributed by atoms with Crippen LogP contribution in [0.25, 0.3) is 16.3 Å². The molecule has 180 valence electrons. The number of esters is 1. The molecule has 0 radical (unpaired) electrons. The maximum Gasteiger partial charge on any atom is 0.348 e. The third-order valence-electron chi connectivity index (χ3n) is 5.61. The van der Waals surface area contributed by atoms with Gasteiger partial charge in [0.2, 0.25) is 0 Å². The summed E-state index contributed by atoms with van der Waals surface area (Å²) in [7, 11) is 1.60. The summed E-state index contributed by atoms with van der Waals surface area (Å²) in [5, 5.41) is 0.367. The average molecular weight is 491 g/mol. The van der Waals surface area contributed by atoms with Crippen LogP contribution >= 0.6 is 11.3 Å². The second kappa shape index (κ2) is 11.0. The number of ether oxygens (including phenoxy) is 2. The number of fused-ring (bicyclic) bond motifs is 1. The van der Waals surface area contributed by atoms with Crippen LogP contribution in [-0.4, -0.2) is 29.2 Å². The standard InChI is InChI=1S/C27H26N2O5S/c1-3-34-26(31)23-21(16-13-18-8-5-4-6-9-18)22-24(35-23)28-27(32)29(25(22)30)17-7-10-19-11-14-20(33-2)15-12-19/h4-12,14-15H,3,13,16-17H2,1-2H3,(H,28,32)/b10-7+. The van der Waals surface area contributed by atoms with E-state index in [1.807, 2.05) is 60.7 Å². The second-order valence-corrected chi connectivity index (χ2v) is 8.86. The van der Waals surface area contributed by atoms with Crippen molar-refractivity contribution in [2.75, 3.05) is 13.7 Å². The van der Waals surface area contributed by atoms with Crippen LogP contribution in [0, 0.1) is 0 Å². The van der Waals surface area contributed by atoms with E-state index in [9.17, 15) is 14.4 Å². The van der Waals surface area contributed by atoms with Crippen molar-refractivity contribution in [3.63, 3.8) is 0 Å². The maximum atomic E-state index is 13.4. The van der Waals surface area contributed by atoms with Crippen LogP contribution in [0.1, 0.15) is 33.3 Å². The van der Waals surface area contributed by atoms with Crippen LogP contribution in [-0.2, 0) is 24.1 Å². The minimum absolute atomic E-state index is 0.0961. The van der Waals surface area contributed by atoms with Crippen LogP contribution in [0.3, 0.4) is 0 Å². The van der Waals surface area contributed by atoms with Gasteiger partial charge in [-0.25, -0.2) is 9.59 Å². The van der Waals surface area contributed by atoms with Crippen molar-refractivity contribution >= 4 is 33.6 Å². The van der Waals surface area contributed by atoms with E-state index < -0.39 is 17.2 Å². The fourth-order valence-electron chi connectivity index (χ4n) is 3.86. The molecule has 4 aromatic rings. The molecule has 0 spiro atoms. The third kappa shape index (κ3) is 5.44. The Balaban J connectivity index is 1.71. The highest BCUT2D eigenvalue weighted by molar-refractivity contribution is 7.20. The number of carbonyl (C=O) groups excluding carboxylic acids is 1. The van der Waals surface area contributed by atoms with Gasteiger partial charge in [0, 0.05) is 6.54 Å². The zero-order valence-corrected chi connectivity index (χ0v) is 20.4. The fraction of sp³-hybridized carbons (Fsp3) is 0.222. The van der Waals surface area contributed by atoms with Gasteiger partial charge in [0.15, 0.2) is 0 Å². The number of hydrogen-bond donors (Lipinski definition) is 1. The van der Waals surface area contributed by atoms with Gasteiger partial charge in [-0.1, -0.05) is 54.6 Å². The molecule has 0 bridgehead atoms. The molecule has 0 unspecified atom stereocenters. The fourth-order valence-corrected chi connectivity index (χ4v) is 4.98. The first kappa shape index (κ1) is 24.2. The average Bonchev–Trinajstić information content (AvgIpc) is 3.24. The van der Waals surface area contributed by atoms with E-state index in [4.69, 9.17) is 9.47 Å². The zero-order valence-electron chi connectivity index (χ0n) is 19.6. The van der Waals surface area contributed by atoms with Gasteiger partial charge in [-0.15, -0.1) is 11.3 Å². The SMILES string of the molecule is CCOC(=O)c1sc2[nH]c(=O)n(C/C=C/c3ccc(OC)cc3)c(=O)c2c1CCc1ccccc1. The quantitative estimate of drug-likeness (QED) is 0.351. The number of nitrogens with one attached hydrogen (secondary N) is 1. The zero-order chi connectivity index (χ0) is 24.8. The molecular formula is C27H26N2O5S. The van der Waals surface area contributed by atoms with E-state index >= 15 is 0 Å². The Hall–Kier alpha value is -3.91. The van der Waals surface area contributed by atoms with Gasteiger partial charge in [0.1, 0.15) is 15.5 Å². The van der Waals surface area contributed by atoms with Crippen LogP contribution in [0.15, 0.2) is 70.3 Å². The Bertz CT molecular complexity index is 1460. The Morgan fingerprint density at radius 2 is 1.80 bits per heavy atom. The van der Waals surface area contributed by atoms with Gasteiger partial charge in [0.05, 0.1) is 19.1 Å². The molecule has 4 rings (SSSR count).